The van der Waals surface area contributed by atoms with Crippen molar-refractivity contribution in [3.63, 3.8) is 0 Å². The monoisotopic (exact) mass is 250 g/mol. The summed E-state index contributed by atoms with van der Waals surface area (Å²) < 4.78 is 42.4. The molecule has 7 heteroatoms. The van der Waals surface area contributed by atoms with E-state index >= 15 is 0 Å². The third kappa shape index (κ3) is 2.19. The van der Waals surface area contributed by atoms with E-state index in [9.17, 15) is 23.1 Å². The first-order valence-corrected chi connectivity index (χ1v) is 4.40. The average Bonchev–Trinajstić information content (AvgIpc) is 2.26. The van der Waals surface area contributed by atoms with Crippen LogP contribution >= 0.6 is 0 Å². The van der Waals surface area contributed by atoms with Crippen LogP contribution in [0.2, 0.25) is 0 Å². The number of hydrogen-bond acceptors (Lipinski definition) is 3. The number of aliphatic carboxylic acids is 1. The number of ether oxygens (including phenoxy) is 1. The summed E-state index contributed by atoms with van der Waals surface area (Å²) in [6.07, 6.45) is -5.31. The predicted molar refractivity (Wildman–Crippen MR) is 50.6 cm³/mol. The van der Waals surface area contributed by atoms with Crippen molar-refractivity contribution < 1.29 is 32.9 Å². The summed E-state index contributed by atoms with van der Waals surface area (Å²) in [6, 6.07) is 3.96. The molecule has 4 nitrogen and oxygen atoms in total. The van der Waals surface area contributed by atoms with Gasteiger partial charge in [0.05, 0.1) is 7.11 Å². The first kappa shape index (κ1) is 13.3. The minimum Gasteiger partial charge on any atom is -0.497 e. The summed E-state index contributed by atoms with van der Waals surface area (Å²) >= 11 is 0. The molecule has 1 aromatic carbocycles. The van der Waals surface area contributed by atoms with Gasteiger partial charge in [0.25, 0.3) is 5.60 Å². The molecule has 1 atom stereocenters. The number of hydrogen-bond donors (Lipinski definition) is 2. The van der Waals surface area contributed by atoms with E-state index in [1.54, 1.807) is 0 Å². The van der Waals surface area contributed by atoms with E-state index in [1.165, 1.54) is 7.11 Å². The summed E-state index contributed by atoms with van der Waals surface area (Å²) in [5, 5.41) is 17.8. The Hall–Kier alpha value is -1.76. The maximum Gasteiger partial charge on any atom is 0.432 e. The van der Waals surface area contributed by atoms with Gasteiger partial charge in [-0.2, -0.15) is 13.2 Å². The molecule has 94 valence electrons. The van der Waals surface area contributed by atoms with Crippen molar-refractivity contribution in [3.8, 4) is 5.75 Å². The molecule has 0 spiro atoms. The minimum atomic E-state index is -5.31. The molecule has 2 N–H and O–H groups in total. The molecule has 0 radical (unpaired) electrons. The number of carboxylic acid groups (broad SMARTS) is 1. The van der Waals surface area contributed by atoms with Gasteiger partial charge in [-0.25, -0.2) is 4.79 Å². The van der Waals surface area contributed by atoms with E-state index in [0.29, 0.717) is 0 Å². The molecule has 0 amide bonds. The molecular formula is C10H9F3O4. The number of carbonyl (C=O) groups is 1. The third-order valence-corrected chi connectivity index (χ3v) is 2.23. The summed E-state index contributed by atoms with van der Waals surface area (Å²) in [5.41, 5.74) is -4.70. The Balaban J connectivity index is 3.29. The maximum absolute atomic E-state index is 12.6. The molecule has 0 fully saturated rings. The number of alkyl halides is 3. The summed E-state index contributed by atoms with van der Waals surface area (Å²) in [4.78, 5) is 10.6. The second kappa shape index (κ2) is 4.25. The summed E-state index contributed by atoms with van der Waals surface area (Å²) in [6.45, 7) is 0. The van der Waals surface area contributed by atoms with E-state index in [4.69, 9.17) is 9.84 Å². The van der Waals surface area contributed by atoms with Gasteiger partial charge in [-0.15, -0.1) is 0 Å². The molecular weight excluding hydrogens is 241 g/mol. The highest BCUT2D eigenvalue weighted by atomic mass is 19.4. The van der Waals surface area contributed by atoms with Gasteiger partial charge in [0.2, 0.25) is 0 Å². The number of carboxylic acids is 1. The van der Waals surface area contributed by atoms with Crippen LogP contribution in [-0.4, -0.2) is 29.5 Å². The highest BCUT2D eigenvalue weighted by molar-refractivity contribution is 5.80. The maximum atomic E-state index is 12.6. The lowest BCUT2D eigenvalue weighted by Crippen LogP contribution is -2.49. The van der Waals surface area contributed by atoms with E-state index < -0.39 is 23.3 Å². The topological polar surface area (TPSA) is 66.8 Å². The zero-order chi connectivity index (χ0) is 13.3. The Labute approximate surface area is 94.3 Å². The van der Waals surface area contributed by atoms with Gasteiger partial charge in [0.15, 0.2) is 0 Å². The summed E-state index contributed by atoms with van der Waals surface area (Å²) in [5.74, 6) is -2.13. The molecule has 0 aliphatic carbocycles. The predicted octanol–water partition coefficient (Wildman–Crippen LogP) is 1.53. The van der Waals surface area contributed by atoms with Crippen molar-refractivity contribution >= 4 is 5.97 Å². The minimum absolute atomic E-state index is 0.253. The second-order valence-electron chi connectivity index (χ2n) is 3.24. The van der Waals surface area contributed by atoms with Crippen molar-refractivity contribution in [2.75, 3.05) is 7.11 Å². The van der Waals surface area contributed by atoms with Crippen molar-refractivity contribution in [1.82, 2.24) is 0 Å². The van der Waals surface area contributed by atoms with Crippen LogP contribution in [-0.2, 0) is 10.4 Å². The quantitative estimate of drug-likeness (QED) is 0.853. The first-order chi connectivity index (χ1) is 7.73. The van der Waals surface area contributed by atoms with Gasteiger partial charge >= 0.3 is 12.1 Å². The standard InChI is InChI=1S/C10H9F3O4/c1-17-7-4-2-6(3-5-7)9(16,8(14)15)10(11,12)13/h2-5,16H,1H3,(H,14,15). The lowest BCUT2D eigenvalue weighted by molar-refractivity contribution is -0.265. The fourth-order valence-corrected chi connectivity index (χ4v) is 1.24. The molecule has 0 aliphatic heterocycles. The Morgan fingerprint density at radius 3 is 2.00 bits per heavy atom. The van der Waals surface area contributed by atoms with Crippen LogP contribution in [0.4, 0.5) is 13.2 Å². The molecule has 0 bridgehead atoms. The molecule has 1 unspecified atom stereocenters. The number of halogens is 3. The van der Waals surface area contributed by atoms with Crippen LogP contribution in [0, 0.1) is 0 Å². The first-order valence-electron chi connectivity index (χ1n) is 4.40. The van der Waals surface area contributed by atoms with Crippen LogP contribution in [0.15, 0.2) is 24.3 Å². The molecule has 1 aromatic rings. The Bertz CT molecular complexity index is 413. The van der Waals surface area contributed by atoms with Crippen molar-refractivity contribution in [2.45, 2.75) is 11.8 Å². The molecule has 1 rings (SSSR count). The van der Waals surface area contributed by atoms with Crippen LogP contribution in [0.1, 0.15) is 5.56 Å². The Morgan fingerprint density at radius 1 is 1.24 bits per heavy atom. The van der Waals surface area contributed by atoms with Crippen LogP contribution in [0.5, 0.6) is 5.75 Å². The molecule has 0 saturated carbocycles. The molecule has 0 heterocycles. The Kier molecular flexibility index (Phi) is 3.33. The highest BCUT2D eigenvalue weighted by Gasteiger charge is 2.61. The molecule has 0 aliphatic rings. The zero-order valence-electron chi connectivity index (χ0n) is 8.65. The fourth-order valence-electron chi connectivity index (χ4n) is 1.24. The number of methoxy groups -OCH3 is 1. The van der Waals surface area contributed by atoms with Crippen LogP contribution < -0.4 is 4.74 Å². The van der Waals surface area contributed by atoms with E-state index in [1.807, 2.05) is 0 Å². The van der Waals surface area contributed by atoms with Crippen molar-refractivity contribution in [1.29, 1.82) is 0 Å². The number of rotatable bonds is 3. The summed E-state index contributed by atoms with van der Waals surface area (Å²) in [7, 11) is 1.31. The molecule has 0 aromatic heterocycles. The van der Waals surface area contributed by atoms with Gasteiger partial charge in [0.1, 0.15) is 5.75 Å². The van der Waals surface area contributed by atoms with E-state index in [-0.39, 0.29) is 5.75 Å². The van der Waals surface area contributed by atoms with Gasteiger partial charge in [-0.3, -0.25) is 0 Å². The van der Waals surface area contributed by atoms with Crippen molar-refractivity contribution in [3.05, 3.63) is 29.8 Å². The highest BCUT2D eigenvalue weighted by Crippen LogP contribution is 2.39. The lowest BCUT2D eigenvalue weighted by Gasteiger charge is -2.26. The fraction of sp³-hybridized carbons (Fsp3) is 0.300. The van der Waals surface area contributed by atoms with Gasteiger partial charge in [-0.05, 0) is 12.1 Å². The van der Waals surface area contributed by atoms with Gasteiger partial charge < -0.3 is 14.9 Å². The van der Waals surface area contributed by atoms with E-state index in [0.717, 1.165) is 24.3 Å². The third-order valence-electron chi connectivity index (χ3n) is 2.23. The second-order valence-corrected chi connectivity index (χ2v) is 3.24. The van der Waals surface area contributed by atoms with Crippen LogP contribution in [0.25, 0.3) is 0 Å². The van der Waals surface area contributed by atoms with Crippen molar-refractivity contribution in [2.24, 2.45) is 0 Å². The number of benzene rings is 1. The van der Waals surface area contributed by atoms with Gasteiger partial charge in [-0.1, -0.05) is 12.1 Å². The largest absolute Gasteiger partial charge is 0.497 e. The number of aliphatic hydroxyl groups is 1. The van der Waals surface area contributed by atoms with Crippen LogP contribution in [0.3, 0.4) is 0 Å². The SMILES string of the molecule is COc1ccc(C(O)(C(=O)O)C(F)(F)F)cc1. The Morgan fingerprint density at radius 2 is 1.71 bits per heavy atom. The average molecular weight is 250 g/mol. The van der Waals surface area contributed by atoms with E-state index in [2.05, 4.69) is 0 Å². The zero-order valence-corrected chi connectivity index (χ0v) is 8.65. The molecule has 0 saturated heterocycles. The molecule has 17 heavy (non-hydrogen) atoms. The van der Waals surface area contributed by atoms with Gasteiger partial charge in [0, 0.05) is 5.56 Å². The lowest BCUT2D eigenvalue weighted by atomic mass is 9.93. The normalized spacial score (nSPS) is 15.1. The smallest absolute Gasteiger partial charge is 0.432 e.